The third-order valence-corrected chi connectivity index (χ3v) is 8.62. The van der Waals surface area contributed by atoms with E-state index in [4.69, 9.17) is 0 Å². The average molecular weight is 464 g/mol. The first-order valence-corrected chi connectivity index (χ1v) is 13.1. The highest BCUT2D eigenvalue weighted by Crippen LogP contribution is 2.38. The standard InChI is InChI=1S/C27H33N3O2S/c1-4-18-11-13-20(14-12-18)30-25(31)23-16-24-22(15-21(5-2)33-24)29(23)17-27(30,3)26(32)28-19-9-7-6-8-10-19/h11-16,19H,4-10,17H2,1-3H3,(H,28,32). The van der Waals surface area contributed by atoms with Crippen LogP contribution < -0.4 is 10.2 Å². The van der Waals surface area contributed by atoms with Gasteiger partial charge in [-0.05, 0) is 62.4 Å². The number of aryl methyl sites for hydroxylation is 2. The minimum Gasteiger partial charge on any atom is -0.351 e. The van der Waals surface area contributed by atoms with Gasteiger partial charge in [0.25, 0.3) is 5.91 Å². The van der Waals surface area contributed by atoms with Gasteiger partial charge in [0, 0.05) is 16.6 Å². The van der Waals surface area contributed by atoms with E-state index >= 15 is 0 Å². The van der Waals surface area contributed by atoms with E-state index in [-0.39, 0.29) is 17.9 Å². The van der Waals surface area contributed by atoms with Crippen molar-refractivity contribution in [1.82, 2.24) is 9.88 Å². The topological polar surface area (TPSA) is 54.3 Å². The molecule has 2 aromatic heterocycles. The van der Waals surface area contributed by atoms with Gasteiger partial charge in [0.05, 0.1) is 16.8 Å². The quantitative estimate of drug-likeness (QED) is 0.528. The summed E-state index contributed by atoms with van der Waals surface area (Å²) in [5.74, 6) is -0.158. The molecular weight excluding hydrogens is 430 g/mol. The van der Waals surface area contributed by atoms with Crippen molar-refractivity contribution in [2.75, 3.05) is 4.90 Å². The Kier molecular flexibility index (Phi) is 5.81. The second kappa shape index (κ2) is 8.64. The summed E-state index contributed by atoms with van der Waals surface area (Å²) in [5.41, 5.74) is 2.73. The van der Waals surface area contributed by atoms with Crippen LogP contribution >= 0.6 is 11.3 Å². The number of carbonyl (C=O) groups excluding carboxylic acids is 2. The maximum Gasteiger partial charge on any atom is 0.275 e. The third kappa shape index (κ3) is 3.78. The van der Waals surface area contributed by atoms with E-state index in [0.717, 1.165) is 54.4 Å². The molecule has 5 nitrogen and oxygen atoms in total. The van der Waals surface area contributed by atoms with E-state index in [1.54, 1.807) is 16.2 Å². The Labute approximate surface area is 199 Å². The minimum absolute atomic E-state index is 0.0548. The fraction of sp³-hybridized carbons (Fsp3) is 0.481. The van der Waals surface area contributed by atoms with Crippen LogP contribution in [0, 0.1) is 0 Å². The van der Waals surface area contributed by atoms with Gasteiger partial charge in [-0.15, -0.1) is 11.3 Å². The molecular formula is C27H33N3O2S. The molecule has 0 saturated heterocycles. The van der Waals surface area contributed by atoms with Crippen molar-refractivity contribution < 1.29 is 9.59 Å². The molecule has 1 N–H and O–H groups in total. The highest BCUT2D eigenvalue weighted by Gasteiger charge is 2.49. The third-order valence-electron chi connectivity index (χ3n) is 7.40. The average Bonchev–Trinajstić information content (AvgIpc) is 3.39. The first-order chi connectivity index (χ1) is 15.9. The van der Waals surface area contributed by atoms with Crippen molar-refractivity contribution in [3.05, 3.63) is 52.5 Å². The van der Waals surface area contributed by atoms with Crippen LogP contribution in [0.1, 0.15) is 73.8 Å². The van der Waals surface area contributed by atoms with Crippen LogP contribution in [-0.4, -0.2) is 28.0 Å². The zero-order valence-corrected chi connectivity index (χ0v) is 20.6. The summed E-state index contributed by atoms with van der Waals surface area (Å²) >= 11 is 1.74. The molecule has 2 aliphatic rings. The summed E-state index contributed by atoms with van der Waals surface area (Å²) in [6, 6.07) is 12.5. The Balaban J connectivity index is 1.59. The first-order valence-electron chi connectivity index (χ1n) is 12.3. The molecule has 1 aliphatic heterocycles. The van der Waals surface area contributed by atoms with Gasteiger partial charge in [-0.2, -0.15) is 0 Å². The summed E-state index contributed by atoms with van der Waals surface area (Å²) in [7, 11) is 0. The maximum atomic E-state index is 13.9. The van der Waals surface area contributed by atoms with Crippen molar-refractivity contribution in [2.45, 2.75) is 83.8 Å². The fourth-order valence-corrected chi connectivity index (χ4v) is 6.42. The van der Waals surface area contributed by atoms with Gasteiger partial charge >= 0.3 is 0 Å². The van der Waals surface area contributed by atoms with Gasteiger partial charge < -0.3 is 9.88 Å². The summed E-state index contributed by atoms with van der Waals surface area (Å²) in [5, 5.41) is 3.32. The number of carbonyl (C=O) groups is 2. The lowest BCUT2D eigenvalue weighted by atomic mass is 9.91. The van der Waals surface area contributed by atoms with E-state index in [2.05, 4.69) is 41.9 Å². The number of nitrogens with one attached hydrogen (secondary N) is 1. The lowest BCUT2D eigenvalue weighted by molar-refractivity contribution is -0.127. The number of hydrogen-bond donors (Lipinski definition) is 1. The van der Waals surface area contributed by atoms with Gasteiger partial charge in [-0.1, -0.05) is 45.2 Å². The van der Waals surface area contributed by atoms with E-state index in [0.29, 0.717) is 12.2 Å². The highest BCUT2D eigenvalue weighted by molar-refractivity contribution is 7.19. The van der Waals surface area contributed by atoms with Crippen molar-refractivity contribution in [1.29, 1.82) is 0 Å². The molecule has 1 aromatic carbocycles. The summed E-state index contributed by atoms with van der Waals surface area (Å²) < 4.78 is 3.19. The summed E-state index contributed by atoms with van der Waals surface area (Å²) in [6.07, 6.45) is 7.49. The number of nitrogens with zero attached hydrogens (tertiary/aromatic N) is 2. The van der Waals surface area contributed by atoms with E-state index in [9.17, 15) is 9.59 Å². The predicted octanol–water partition coefficient (Wildman–Crippen LogP) is 5.70. The molecule has 33 heavy (non-hydrogen) atoms. The molecule has 1 saturated carbocycles. The highest BCUT2D eigenvalue weighted by atomic mass is 32.1. The smallest absolute Gasteiger partial charge is 0.275 e. The van der Waals surface area contributed by atoms with Crippen LogP contribution in [0.4, 0.5) is 5.69 Å². The summed E-state index contributed by atoms with van der Waals surface area (Å²) in [6.45, 7) is 6.65. The van der Waals surface area contributed by atoms with Crippen LogP contribution in [0.5, 0.6) is 0 Å². The van der Waals surface area contributed by atoms with Crippen LogP contribution in [0.3, 0.4) is 0 Å². The molecule has 3 heterocycles. The lowest BCUT2D eigenvalue weighted by Gasteiger charge is -2.44. The molecule has 0 radical (unpaired) electrons. The molecule has 3 aromatic rings. The van der Waals surface area contributed by atoms with Crippen LogP contribution in [-0.2, 0) is 24.2 Å². The fourth-order valence-electron chi connectivity index (χ4n) is 5.38. The molecule has 1 atom stereocenters. The number of thiophene rings is 1. The normalized spacial score (nSPS) is 21.4. The Morgan fingerprint density at radius 1 is 1.09 bits per heavy atom. The van der Waals surface area contributed by atoms with Crippen LogP contribution in [0.25, 0.3) is 10.2 Å². The number of amides is 2. The number of benzene rings is 1. The zero-order chi connectivity index (χ0) is 23.2. The molecule has 5 rings (SSSR count). The lowest BCUT2D eigenvalue weighted by Crippen LogP contribution is -2.65. The van der Waals surface area contributed by atoms with E-state index in [1.807, 2.05) is 25.1 Å². The molecule has 1 aliphatic carbocycles. The molecule has 1 fully saturated rings. The first kappa shape index (κ1) is 22.2. The number of fused-ring (bicyclic) bond motifs is 3. The van der Waals surface area contributed by atoms with Gasteiger partial charge in [-0.25, -0.2) is 0 Å². The van der Waals surface area contributed by atoms with E-state index < -0.39 is 5.54 Å². The SMILES string of the molecule is CCc1ccc(N2C(=O)c3cc4sc(CC)cc4n3CC2(C)C(=O)NC2CCCCC2)cc1. The molecule has 0 bridgehead atoms. The predicted molar refractivity (Wildman–Crippen MR) is 135 cm³/mol. The molecule has 2 amide bonds. The van der Waals surface area contributed by atoms with Gasteiger partial charge in [0.15, 0.2) is 0 Å². The van der Waals surface area contributed by atoms with Crippen molar-refractivity contribution in [2.24, 2.45) is 0 Å². The monoisotopic (exact) mass is 463 g/mol. The number of rotatable bonds is 5. The molecule has 174 valence electrons. The molecule has 1 unspecified atom stereocenters. The largest absolute Gasteiger partial charge is 0.351 e. The Morgan fingerprint density at radius 2 is 1.82 bits per heavy atom. The van der Waals surface area contributed by atoms with Gasteiger partial charge in [0.2, 0.25) is 5.91 Å². The molecule has 0 spiro atoms. The van der Waals surface area contributed by atoms with Gasteiger partial charge in [-0.3, -0.25) is 14.5 Å². The van der Waals surface area contributed by atoms with Crippen molar-refractivity contribution in [3.63, 3.8) is 0 Å². The van der Waals surface area contributed by atoms with Crippen LogP contribution in [0.2, 0.25) is 0 Å². The number of hydrogen-bond acceptors (Lipinski definition) is 3. The number of anilines is 1. The van der Waals surface area contributed by atoms with Crippen molar-refractivity contribution in [3.8, 4) is 0 Å². The Hall–Kier alpha value is -2.60. The zero-order valence-electron chi connectivity index (χ0n) is 19.8. The van der Waals surface area contributed by atoms with Gasteiger partial charge in [0.1, 0.15) is 11.2 Å². The summed E-state index contributed by atoms with van der Waals surface area (Å²) in [4.78, 5) is 30.8. The van der Waals surface area contributed by atoms with Crippen molar-refractivity contribution >= 4 is 39.1 Å². The maximum absolute atomic E-state index is 13.9. The second-order valence-corrected chi connectivity index (χ2v) is 10.8. The minimum atomic E-state index is -1.00. The second-order valence-electron chi connectivity index (χ2n) is 9.67. The van der Waals surface area contributed by atoms with Crippen LogP contribution in [0.15, 0.2) is 36.4 Å². The van der Waals surface area contributed by atoms with E-state index in [1.165, 1.54) is 16.9 Å². The Morgan fingerprint density at radius 3 is 2.48 bits per heavy atom. The Bertz CT molecular complexity index is 1190. The number of aromatic nitrogens is 1. The molecule has 6 heteroatoms.